The number of carbonyl (C=O) groups excluding carboxylic acids is 4. The molecule has 7 atom stereocenters. The van der Waals surface area contributed by atoms with Crippen molar-refractivity contribution in [3.05, 3.63) is 47.0 Å². The standard InChI is InChI=1S/C33H42O8/c1-8-18(2)24(34)17-40-30-21-13-20-22(33(6,28(21)37)25(31(30,3)4)15-26(35)38-7)9-11-32(5)23(20)14-27(36)41-29(32)19-10-12-39-16-19/h8,10,12,16,21-22,25,29-30H,9,11,13-15,17H2,1-7H3. The number of hydrogen-bond acceptors (Lipinski definition) is 8. The van der Waals surface area contributed by atoms with E-state index in [9.17, 15) is 19.2 Å². The highest BCUT2D eigenvalue weighted by atomic mass is 16.5. The molecule has 41 heavy (non-hydrogen) atoms. The number of carbonyl (C=O) groups is 4. The summed E-state index contributed by atoms with van der Waals surface area (Å²) in [5.41, 5.74) is 1.66. The van der Waals surface area contributed by atoms with Gasteiger partial charge in [-0.1, -0.05) is 39.3 Å². The first kappa shape index (κ1) is 29.5. The van der Waals surface area contributed by atoms with E-state index >= 15 is 0 Å². The van der Waals surface area contributed by atoms with Gasteiger partial charge in [-0.3, -0.25) is 19.2 Å². The smallest absolute Gasteiger partial charge is 0.310 e. The zero-order valence-corrected chi connectivity index (χ0v) is 25.2. The van der Waals surface area contributed by atoms with Gasteiger partial charge in [-0.25, -0.2) is 0 Å². The second-order valence-electron chi connectivity index (χ2n) is 13.4. The molecule has 7 unspecified atom stereocenters. The highest BCUT2D eigenvalue weighted by molar-refractivity contribution is 5.96. The van der Waals surface area contributed by atoms with Crippen LogP contribution in [0.1, 0.15) is 85.3 Å². The molecular weight excluding hydrogens is 524 g/mol. The van der Waals surface area contributed by atoms with Crippen LogP contribution in [0.3, 0.4) is 0 Å². The zero-order valence-electron chi connectivity index (χ0n) is 25.2. The first-order valence-electron chi connectivity index (χ1n) is 14.6. The van der Waals surface area contributed by atoms with Gasteiger partial charge in [0.25, 0.3) is 0 Å². The zero-order chi connectivity index (χ0) is 29.9. The van der Waals surface area contributed by atoms with Crippen molar-refractivity contribution < 1.29 is 37.8 Å². The fourth-order valence-electron chi connectivity index (χ4n) is 8.73. The van der Waals surface area contributed by atoms with Crippen LogP contribution in [-0.4, -0.2) is 43.3 Å². The monoisotopic (exact) mass is 566 g/mol. The van der Waals surface area contributed by atoms with E-state index in [0.29, 0.717) is 12.0 Å². The number of ketones is 2. The third-order valence-electron chi connectivity index (χ3n) is 11.1. The topological polar surface area (TPSA) is 109 Å². The first-order valence-corrected chi connectivity index (χ1v) is 14.6. The summed E-state index contributed by atoms with van der Waals surface area (Å²) in [6.07, 6.45) is 6.06. The summed E-state index contributed by atoms with van der Waals surface area (Å²) in [7, 11) is 1.36. The van der Waals surface area contributed by atoms with Crippen LogP contribution in [0, 0.1) is 34.0 Å². The van der Waals surface area contributed by atoms with Crippen LogP contribution < -0.4 is 0 Å². The molecule has 1 saturated heterocycles. The van der Waals surface area contributed by atoms with Crippen LogP contribution in [-0.2, 0) is 33.4 Å². The van der Waals surface area contributed by atoms with Gasteiger partial charge in [-0.05, 0) is 67.6 Å². The van der Waals surface area contributed by atoms with E-state index in [1.165, 1.54) is 7.11 Å². The fraction of sp³-hybridized carbons (Fsp3) is 0.636. The average Bonchev–Trinajstić information content (AvgIpc) is 3.47. The lowest BCUT2D eigenvalue weighted by atomic mass is 9.40. The minimum absolute atomic E-state index is 0.0657. The van der Waals surface area contributed by atoms with E-state index in [4.69, 9.17) is 18.6 Å². The van der Waals surface area contributed by atoms with E-state index in [1.807, 2.05) is 26.8 Å². The number of methoxy groups -OCH3 is 1. The van der Waals surface area contributed by atoms with Crippen LogP contribution in [0.25, 0.3) is 0 Å². The molecule has 0 spiro atoms. The maximum atomic E-state index is 14.5. The third-order valence-corrected chi connectivity index (χ3v) is 11.1. The molecule has 0 aromatic carbocycles. The van der Waals surface area contributed by atoms with Crippen LogP contribution in [0.15, 0.2) is 45.8 Å². The highest BCUT2D eigenvalue weighted by Crippen LogP contribution is 2.68. The lowest BCUT2D eigenvalue weighted by molar-refractivity contribution is -0.195. The Morgan fingerprint density at radius 3 is 2.54 bits per heavy atom. The molecule has 222 valence electrons. The van der Waals surface area contributed by atoms with Crippen molar-refractivity contribution >= 4 is 23.5 Å². The maximum Gasteiger partial charge on any atom is 0.310 e. The van der Waals surface area contributed by atoms with Crippen molar-refractivity contribution in [1.82, 2.24) is 0 Å². The van der Waals surface area contributed by atoms with E-state index in [1.54, 1.807) is 32.4 Å². The Hall–Kier alpha value is -3.00. The molecule has 1 aromatic rings. The second-order valence-corrected chi connectivity index (χ2v) is 13.4. The van der Waals surface area contributed by atoms with E-state index in [0.717, 1.165) is 29.6 Å². The summed E-state index contributed by atoms with van der Waals surface area (Å²) in [4.78, 5) is 53.1. The second kappa shape index (κ2) is 10.4. The molecule has 2 heterocycles. The predicted molar refractivity (Wildman–Crippen MR) is 149 cm³/mol. The molecule has 0 amide bonds. The van der Waals surface area contributed by atoms with Crippen LogP contribution in [0.2, 0.25) is 0 Å². The van der Waals surface area contributed by atoms with Crippen molar-refractivity contribution in [3.8, 4) is 0 Å². The van der Waals surface area contributed by atoms with Gasteiger partial charge < -0.3 is 18.6 Å². The SMILES string of the molecule is CC=C(C)C(=O)COC1C2CC3=C4CC(=O)OC(c5ccoc5)C4(C)CCC3C(C)(C2=O)C(CC(=O)OC)C1(C)C. The van der Waals surface area contributed by atoms with Gasteiger partial charge in [0.15, 0.2) is 5.78 Å². The summed E-state index contributed by atoms with van der Waals surface area (Å²) >= 11 is 0. The molecule has 2 saturated carbocycles. The molecule has 5 rings (SSSR count). The number of esters is 2. The number of furan rings is 1. The largest absolute Gasteiger partial charge is 0.472 e. The summed E-state index contributed by atoms with van der Waals surface area (Å²) in [5, 5.41) is 0. The Labute approximate surface area is 241 Å². The maximum absolute atomic E-state index is 14.5. The van der Waals surface area contributed by atoms with Crippen molar-refractivity contribution in [2.24, 2.45) is 34.0 Å². The normalized spacial score (nSPS) is 36.3. The number of fused-ring (bicyclic) bond motifs is 5. The number of allylic oxidation sites excluding steroid dienone is 2. The first-order chi connectivity index (χ1) is 19.3. The van der Waals surface area contributed by atoms with E-state index in [2.05, 4.69) is 6.92 Å². The lowest BCUT2D eigenvalue weighted by Gasteiger charge is -2.64. The van der Waals surface area contributed by atoms with Gasteiger partial charge in [0.2, 0.25) is 0 Å². The Bertz CT molecular complexity index is 1320. The summed E-state index contributed by atoms with van der Waals surface area (Å²) in [6.45, 7) is 11.7. The highest BCUT2D eigenvalue weighted by Gasteiger charge is 2.68. The molecule has 1 aliphatic heterocycles. The molecular formula is C33H42O8. The summed E-state index contributed by atoms with van der Waals surface area (Å²) < 4.78 is 22.8. The van der Waals surface area contributed by atoms with Crippen molar-refractivity contribution in [2.75, 3.05) is 13.7 Å². The van der Waals surface area contributed by atoms with Crippen LogP contribution in [0.5, 0.6) is 0 Å². The molecule has 1 aromatic heterocycles. The average molecular weight is 567 g/mol. The van der Waals surface area contributed by atoms with Crippen LogP contribution >= 0.6 is 0 Å². The van der Waals surface area contributed by atoms with Crippen molar-refractivity contribution in [2.45, 2.75) is 85.9 Å². The minimum atomic E-state index is -0.861. The van der Waals surface area contributed by atoms with Gasteiger partial charge >= 0.3 is 11.9 Å². The van der Waals surface area contributed by atoms with Gasteiger partial charge in [0.1, 0.15) is 18.5 Å². The fourth-order valence-corrected chi connectivity index (χ4v) is 8.73. The van der Waals surface area contributed by atoms with E-state index < -0.39 is 34.4 Å². The van der Waals surface area contributed by atoms with Gasteiger partial charge in [-0.2, -0.15) is 0 Å². The Morgan fingerprint density at radius 1 is 1.17 bits per heavy atom. The molecule has 2 bridgehead atoms. The van der Waals surface area contributed by atoms with Crippen molar-refractivity contribution in [3.63, 3.8) is 0 Å². The third kappa shape index (κ3) is 4.44. The van der Waals surface area contributed by atoms with Crippen LogP contribution in [0.4, 0.5) is 0 Å². The van der Waals surface area contributed by atoms with E-state index in [-0.39, 0.29) is 54.8 Å². The Morgan fingerprint density at radius 2 is 1.90 bits per heavy atom. The molecule has 8 heteroatoms. The number of Topliss-reactive ketones (excluding diaryl/α,β-unsaturated/α-hetero) is 2. The number of rotatable bonds is 7. The summed E-state index contributed by atoms with van der Waals surface area (Å²) in [6, 6.07) is 1.84. The van der Waals surface area contributed by atoms with Crippen molar-refractivity contribution in [1.29, 1.82) is 0 Å². The molecule has 0 radical (unpaired) electrons. The quantitative estimate of drug-likeness (QED) is 0.234. The molecule has 3 aliphatic carbocycles. The van der Waals surface area contributed by atoms with Gasteiger partial charge in [0.05, 0.1) is 32.2 Å². The number of cyclic esters (lactones) is 1. The number of hydrogen-bond donors (Lipinski definition) is 0. The van der Waals surface area contributed by atoms with Gasteiger partial charge in [-0.15, -0.1) is 0 Å². The predicted octanol–water partition coefficient (Wildman–Crippen LogP) is 5.72. The van der Waals surface area contributed by atoms with Gasteiger partial charge in [0, 0.05) is 28.7 Å². The molecule has 4 aliphatic rings. The summed E-state index contributed by atoms with van der Waals surface area (Å²) in [5.74, 6) is -1.74. The molecule has 3 fully saturated rings. The molecule has 0 N–H and O–H groups in total. The minimum Gasteiger partial charge on any atom is -0.472 e. The Balaban J connectivity index is 1.64. The Kier molecular flexibility index (Phi) is 7.46. The molecule has 8 nitrogen and oxygen atoms in total. The number of ether oxygens (including phenoxy) is 3. The lowest BCUT2D eigenvalue weighted by Crippen LogP contribution is -2.66.